The number of piperazine rings is 1. The summed E-state index contributed by atoms with van der Waals surface area (Å²) in [5.41, 5.74) is 0.00829. The van der Waals surface area contributed by atoms with Crippen molar-refractivity contribution in [2.75, 3.05) is 26.2 Å². The number of ether oxygens (including phenoxy) is 1. The summed E-state index contributed by atoms with van der Waals surface area (Å²) >= 11 is 0. The highest BCUT2D eigenvalue weighted by Gasteiger charge is 2.33. The van der Waals surface area contributed by atoms with E-state index >= 15 is 0 Å². The quantitative estimate of drug-likeness (QED) is 0.774. The van der Waals surface area contributed by atoms with Gasteiger partial charge in [-0.1, -0.05) is 0 Å². The summed E-state index contributed by atoms with van der Waals surface area (Å²) in [7, 11) is 0. The average Bonchev–Trinajstić information content (AvgIpc) is 2.46. The van der Waals surface area contributed by atoms with Crippen LogP contribution in [0, 0.1) is 0 Å². The fourth-order valence-electron chi connectivity index (χ4n) is 2.63. The van der Waals surface area contributed by atoms with Gasteiger partial charge in [0, 0.05) is 44.2 Å². The van der Waals surface area contributed by atoms with Crippen LogP contribution >= 0.6 is 12.4 Å². The number of phenolic OH excluding ortho intramolecular Hbond substituents is 1. The Kier molecular flexibility index (Phi) is 7.50. The maximum absolute atomic E-state index is 12.9. The number of aromatic hydroxyl groups is 1. The maximum atomic E-state index is 12.9. The van der Waals surface area contributed by atoms with Crippen molar-refractivity contribution < 1.29 is 31.8 Å². The van der Waals surface area contributed by atoms with Crippen molar-refractivity contribution in [2.24, 2.45) is 0 Å². The van der Waals surface area contributed by atoms with Crippen LogP contribution in [-0.2, 0) is 0 Å². The van der Waals surface area contributed by atoms with Crippen molar-refractivity contribution in [1.29, 1.82) is 0 Å². The molecule has 0 amide bonds. The van der Waals surface area contributed by atoms with E-state index in [1.165, 1.54) is 0 Å². The maximum Gasteiger partial charge on any atom is 0.573 e. The second-order valence-electron chi connectivity index (χ2n) is 5.20. The molecule has 1 saturated heterocycles. The molecule has 0 bridgehead atoms. The van der Waals surface area contributed by atoms with Gasteiger partial charge in [-0.05, 0) is 18.2 Å². The fourth-order valence-corrected chi connectivity index (χ4v) is 2.63. The molecule has 0 aromatic heterocycles. The first kappa shape index (κ1) is 20.7. The number of halogens is 6. The smallest absolute Gasteiger partial charge is 0.508 e. The Hall–Kier alpha value is -1.32. The molecule has 0 radical (unpaired) electrons. The zero-order valence-corrected chi connectivity index (χ0v) is 13.3. The molecule has 1 aromatic rings. The fraction of sp³-hybridized carbons (Fsp3) is 0.571. The summed E-state index contributed by atoms with van der Waals surface area (Å²) in [6.07, 6.45) is -8.12. The molecule has 0 aliphatic carbocycles. The van der Waals surface area contributed by atoms with Crippen molar-refractivity contribution in [3.63, 3.8) is 0 Å². The first-order valence-electron chi connectivity index (χ1n) is 7.08. The molecule has 0 spiro atoms. The third kappa shape index (κ3) is 5.95. The molecule has 0 saturated carbocycles. The predicted octanol–water partition coefficient (Wildman–Crippen LogP) is 3.31. The summed E-state index contributed by atoms with van der Waals surface area (Å²) in [5.74, 6) is -0.872. The van der Waals surface area contributed by atoms with Gasteiger partial charge in [0.2, 0.25) is 6.43 Å². The van der Waals surface area contributed by atoms with E-state index in [4.69, 9.17) is 0 Å². The van der Waals surface area contributed by atoms with Crippen molar-refractivity contribution in [3.05, 3.63) is 23.8 Å². The van der Waals surface area contributed by atoms with E-state index in [0.29, 0.717) is 26.2 Å². The minimum absolute atomic E-state index is 0. The second kappa shape index (κ2) is 8.68. The Morgan fingerprint density at radius 2 is 1.83 bits per heavy atom. The van der Waals surface area contributed by atoms with Crippen molar-refractivity contribution in [2.45, 2.75) is 25.3 Å². The molecular formula is C14H18ClF5N2O2. The minimum Gasteiger partial charge on any atom is -0.508 e. The normalized spacial score (nSPS) is 17.4. The predicted molar refractivity (Wildman–Crippen MR) is 79.8 cm³/mol. The molecule has 10 heteroatoms. The highest BCUT2D eigenvalue weighted by molar-refractivity contribution is 5.85. The van der Waals surface area contributed by atoms with E-state index in [2.05, 4.69) is 10.1 Å². The lowest BCUT2D eigenvalue weighted by Gasteiger charge is -2.35. The number of phenols is 1. The lowest BCUT2D eigenvalue weighted by Crippen LogP contribution is -2.45. The number of alkyl halides is 5. The Bertz CT molecular complexity index is 524. The first-order chi connectivity index (χ1) is 10.8. The van der Waals surface area contributed by atoms with E-state index < -0.39 is 31.0 Å². The van der Waals surface area contributed by atoms with E-state index in [1.54, 1.807) is 4.90 Å². The summed E-state index contributed by atoms with van der Waals surface area (Å²) in [5, 5.41) is 13.0. The minimum atomic E-state index is -4.89. The molecule has 4 nitrogen and oxygen atoms in total. The van der Waals surface area contributed by atoms with E-state index in [0.717, 1.165) is 18.2 Å². The molecule has 138 valence electrons. The highest BCUT2D eigenvalue weighted by atomic mass is 35.5. The topological polar surface area (TPSA) is 44.7 Å². The van der Waals surface area contributed by atoms with Crippen LogP contribution in [0.1, 0.15) is 18.0 Å². The van der Waals surface area contributed by atoms with Crippen LogP contribution < -0.4 is 10.1 Å². The SMILES string of the molecule is Cl.Oc1ccc(OC(F)(F)F)cc1[C@@H](CC(F)F)N1CCNCC1. The number of hydrogen-bond donors (Lipinski definition) is 2. The van der Waals surface area contributed by atoms with Crippen LogP contribution in [0.5, 0.6) is 11.5 Å². The Morgan fingerprint density at radius 3 is 2.38 bits per heavy atom. The van der Waals surface area contributed by atoms with Gasteiger partial charge in [-0.15, -0.1) is 25.6 Å². The molecule has 1 aliphatic rings. The molecule has 1 atom stereocenters. The Balaban J connectivity index is 0.00000288. The van der Waals surface area contributed by atoms with Gasteiger partial charge in [0.05, 0.1) is 0 Å². The molecular weight excluding hydrogens is 359 g/mol. The van der Waals surface area contributed by atoms with Gasteiger partial charge in [-0.25, -0.2) is 8.78 Å². The second-order valence-corrected chi connectivity index (χ2v) is 5.20. The van der Waals surface area contributed by atoms with Crippen molar-refractivity contribution in [3.8, 4) is 11.5 Å². The number of nitrogens with zero attached hydrogens (tertiary/aromatic N) is 1. The zero-order valence-electron chi connectivity index (χ0n) is 12.5. The Morgan fingerprint density at radius 1 is 1.21 bits per heavy atom. The van der Waals surface area contributed by atoms with Gasteiger partial charge in [0.15, 0.2) is 0 Å². The molecule has 2 rings (SSSR count). The monoisotopic (exact) mass is 376 g/mol. The summed E-state index contributed by atoms with van der Waals surface area (Å²) in [6.45, 7) is 2.08. The third-order valence-electron chi connectivity index (χ3n) is 3.59. The molecule has 1 heterocycles. The van der Waals surface area contributed by atoms with Gasteiger partial charge >= 0.3 is 6.36 Å². The lowest BCUT2D eigenvalue weighted by molar-refractivity contribution is -0.274. The van der Waals surface area contributed by atoms with Gasteiger partial charge < -0.3 is 15.2 Å². The van der Waals surface area contributed by atoms with Crippen LogP contribution in [0.4, 0.5) is 22.0 Å². The lowest BCUT2D eigenvalue weighted by atomic mass is 10.00. The largest absolute Gasteiger partial charge is 0.573 e. The van der Waals surface area contributed by atoms with Gasteiger partial charge in [-0.2, -0.15) is 0 Å². The molecule has 1 aliphatic heterocycles. The average molecular weight is 377 g/mol. The van der Waals surface area contributed by atoms with Crippen LogP contribution in [0.25, 0.3) is 0 Å². The van der Waals surface area contributed by atoms with Crippen LogP contribution in [-0.4, -0.2) is 49.0 Å². The number of hydrogen-bond acceptors (Lipinski definition) is 4. The van der Waals surface area contributed by atoms with Gasteiger partial charge in [0.25, 0.3) is 0 Å². The number of benzene rings is 1. The zero-order chi connectivity index (χ0) is 17.0. The number of nitrogens with one attached hydrogen (secondary N) is 1. The van der Waals surface area contributed by atoms with E-state index in [-0.39, 0.29) is 23.7 Å². The van der Waals surface area contributed by atoms with Gasteiger partial charge in [-0.3, -0.25) is 4.90 Å². The van der Waals surface area contributed by atoms with Crippen molar-refractivity contribution >= 4 is 12.4 Å². The van der Waals surface area contributed by atoms with Crippen LogP contribution in [0.2, 0.25) is 0 Å². The van der Waals surface area contributed by atoms with E-state index in [1.807, 2.05) is 0 Å². The third-order valence-corrected chi connectivity index (χ3v) is 3.59. The molecule has 24 heavy (non-hydrogen) atoms. The van der Waals surface area contributed by atoms with Crippen molar-refractivity contribution in [1.82, 2.24) is 10.2 Å². The first-order valence-corrected chi connectivity index (χ1v) is 7.08. The standard InChI is InChI=1S/C14H17F5N2O2.ClH/c15-13(16)8-11(21-5-3-20-4-6-21)10-7-9(1-2-12(10)22)23-14(17,18)19;/h1-2,7,11,13,20,22H,3-6,8H2;1H/t11-;/m1./s1. The van der Waals surface area contributed by atoms with Crippen LogP contribution in [0.15, 0.2) is 18.2 Å². The molecule has 1 aromatic carbocycles. The Labute approximate surface area is 142 Å². The highest BCUT2D eigenvalue weighted by Crippen LogP contribution is 2.37. The number of rotatable bonds is 5. The molecule has 0 unspecified atom stereocenters. The van der Waals surface area contributed by atoms with Gasteiger partial charge in [0.1, 0.15) is 11.5 Å². The molecule has 1 fully saturated rings. The van der Waals surface area contributed by atoms with E-state index in [9.17, 15) is 27.1 Å². The molecule has 2 N–H and O–H groups in total. The summed E-state index contributed by atoms with van der Waals surface area (Å²) in [6, 6.07) is 2.06. The van der Waals surface area contributed by atoms with Crippen LogP contribution in [0.3, 0.4) is 0 Å². The summed E-state index contributed by atoms with van der Waals surface area (Å²) in [4.78, 5) is 1.72. The summed E-state index contributed by atoms with van der Waals surface area (Å²) < 4.78 is 66.5.